The van der Waals surface area contributed by atoms with Gasteiger partial charge >= 0.3 is 0 Å². The van der Waals surface area contributed by atoms with Gasteiger partial charge in [0.05, 0.1) is 12.2 Å². The zero-order chi connectivity index (χ0) is 26.2. The largest absolute Gasteiger partial charge is 0.504 e. The van der Waals surface area contributed by atoms with Gasteiger partial charge in [-0.05, 0) is 112 Å². The van der Waals surface area contributed by atoms with Crippen LogP contribution in [0.25, 0.3) is 0 Å². The van der Waals surface area contributed by atoms with Gasteiger partial charge in [-0.15, -0.1) is 0 Å². The van der Waals surface area contributed by atoms with Crippen LogP contribution in [0.15, 0.2) is 12.1 Å². The number of aromatic hydroxyl groups is 1. The van der Waals surface area contributed by atoms with Gasteiger partial charge in [0.2, 0.25) is 5.82 Å². The van der Waals surface area contributed by atoms with E-state index in [0.717, 1.165) is 42.4 Å². The van der Waals surface area contributed by atoms with Crippen LogP contribution in [0.2, 0.25) is 0 Å². The Morgan fingerprint density at radius 2 is 1.30 bits per heavy atom. The highest BCUT2D eigenvalue weighted by molar-refractivity contribution is 5.98. The number of phenolic OH excluding ortho intramolecular Hbond substituents is 1. The van der Waals surface area contributed by atoms with Crippen molar-refractivity contribution in [2.75, 3.05) is 6.61 Å². The first-order chi connectivity index (χ1) is 18.0. The van der Waals surface area contributed by atoms with Gasteiger partial charge in [-0.1, -0.05) is 51.9 Å². The van der Waals surface area contributed by atoms with Crippen LogP contribution >= 0.6 is 0 Å². The van der Waals surface area contributed by atoms with E-state index in [2.05, 4.69) is 6.92 Å². The minimum atomic E-state index is -0.834. The SMILES string of the molecule is CCCC1CCC(C2CCC(C3CCC(CCCC(=O)c4ccc(OCC)c(F)c4O)CC3)CC2)CC1. The van der Waals surface area contributed by atoms with Gasteiger partial charge < -0.3 is 9.84 Å². The third-order valence-corrected chi connectivity index (χ3v) is 10.3. The standard InChI is InChI=1S/C33H51FO3/c1-3-6-23-9-13-25(14-10-23)27-17-19-28(20-18-27)26-15-11-24(12-16-26)7-5-8-30(35)29-21-22-31(37-4-2)32(34)33(29)36/h21-28,36H,3-20H2,1-2H3. The van der Waals surface area contributed by atoms with Crippen molar-refractivity contribution in [1.29, 1.82) is 0 Å². The van der Waals surface area contributed by atoms with Crippen molar-refractivity contribution >= 4 is 5.78 Å². The Labute approximate surface area is 225 Å². The smallest absolute Gasteiger partial charge is 0.207 e. The number of rotatable bonds is 11. The number of phenols is 1. The number of Topliss-reactive ketones (excluding diaryl/α,β-unsaturated/α-hetero) is 1. The Morgan fingerprint density at radius 1 is 0.811 bits per heavy atom. The highest BCUT2D eigenvalue weighted by Gasteiger charge is 2.34. The zero-order valence-corrected chi connectivity index (χ0v) is 23.5. The van der Waals surface area contributed by atoms with Crippen molar-refractivity contribution in [2.24, 2.45) is 35.5 Å². The lowest BCUT2D eigenvalue weighted by atomic mass is 9.64. The van der Waals surface area contributed by atoms with E-state index in [9.17, 15) is 14.3 Å². The predicted octanol–water partition coefficient (Wildman–Crippen LogP) is 9.50. The van der Waals surface area contributed by atoms with Crippen molar-refractivity contribution in [1.82, 2.24) is 0 Å². The lowest BCUT2D eigenvalue weighted by Gasteiger charge is -2.41. The summed E-state index contributed by atoms with van der Waals surface area (Å²) in [4.78, 5) is 12.6. The van der Waals surface area contributed by atoms with Crippen LogP contribution in [-0.2, 0) is 0 Å². The molecule has 0 unspecified atom stereocenters. The van der Waals surface area contributed by atoms with Crippen molar-refractivity contribution in [3.8, 4) is 11.5 Å². The second-order valence-electron chi connectivity index (χ2n) is 12.5. The van der Waals surface area contributed by atoms with Crippen molar-refractivity contribution in [3.63, 3.8) is 0 Å². The van der Waals surface area contributed by atoms with Gasteiger partial charge in [0.1, 0.15) is 0 Å². The summed E-state index contributed by atoms with van der Waals surface area (Å²) in [6.07, 6.45) is 22.2. The fourth-order valence-corrected chi connectivity index (χ4v) is 8.12. The van der Waals surface area contributed by atoms with E-state index in [-0.39, 0.29) is 17.1 Å². The summed E-state index contributed by atoms with van der Waals surface area (Å²) >= 11 is 0. The molecule has 37 heavy (non-hydrogen) atoms. The van der Waals surface area contributed by atoms with Gasteiger partial charge in [0.15, 0.2) is 17.3 Å². The van der Waals surface area contributed by atoms with Crippen LogP contribution < -0.4 is 4.74 Å². The lowest BCUT2D eigenvalue weighted by molar-refractivity contribution is 0.0958. The van der Waals surface area contributed by atoms with Crippen LogP contribution in [0.4, 0.5) is 4.39 Å². The maximum Gasteiger partial charge on any atom is 0.207 e. The monoisotopic (exact) mass is 514 g/mol. The fraction of sp³-hybridized carbons (Fsp3) is 0.788. The van der Waals surface area contributed by atoms with E-state index < -0.39 is 11.6 Å². The summed E-state index contributed by atoms with van der Waals surface area (Å²) in [6.45, 7) is 4.41. The molecule has 0 amide bonds. The molecule has 3 nitrogen and oxygen atoms in total. The van der Waals surface area contributed by atoms with E-state index in [1.165, 1.54) is 102 Å². The molecule has 0 spiro atoms. The molecule has 0 aromatic heterocycles. The first-order valence-corrected chi connectivity index (χ1v) is 15.7. The number of hydrogen-bond donors (Lipinski definition) is 1. The quantitative estimate of drug-likeness (QED) is 0.299. The average molecular weight is 515 g/mol. The third-order valence-electron chi connectivity index (χ3n) is 10.3. The van der Waals surface area contributed by atoms with E-state index in [0.29, 0.717) is 18.9 Å². The number of benzene rings is 1. The summed E-state index contributed by atoms with van der Waals surface area (Å²) < 4.78 is 19.4. The van der Waals surface area contributed by atoms with Gasteiger partial charge in [0, 0.05) is 6.42 Å². The molecule has 0 saturated heterocycles. The molecule has 3 fully saturated rings. The maximum absolute atomic E-state index is 14.2. The van der Waals surface area contributed by atoms with E-state index in [4.69, 9.17) is 4.74 Å². The van der Waals surface area contributed by atoms with Crippen molar-refractivity contribution < 1.29 is 19.0 Å². The molecule has 3 saturated carbocycles. The number of ether oxygens (including phenoxy) is 1. The van der Waals surface area contributed by atoms with Gasteiger partial charge in [-0.2, -0.15) is 4.39 Å². The van der Waals surface area contributed by atoms with Crippen LogP contribution in [-0.4, -0.2) is 17.5 Å². The molecule has 1 aromatic rings. The predicted molar refractivity (Wildman–Crippen MR) is 149 cm³/mol. The Bertz CT molecular complexity index is 843. The summed E-state index contributed by atoms with van der Waals surface area (Å²) in [5.41, 5.74) is 0.0780. The van der Waals surface area contributed by atoms with E-state index in [1.54, 1.807) is 6.92 Å². The molecule has 3 aliphatic carbocycles. The van der Waals surface area contributed by atoms with Crippen LogP contribution in [0.5, 0.6) is 11.5 Å². The number of ketones is 1. The molecule has 4 rings (SSSR count). The molecule has 3 aliphatic rings. The Balaban J connectivity index is 1.12. The average Bonchev–Trinajstić information content (AvgIpc) is 2.92. The Hall–Kier alpha value is -1.58. The first kappa shape index (κ1) is 28.4. The fourth-order valence-electron chi connectivity index (χ4n) is 8.12. The molecule has 208 valence electrons. The highest BCUT2D eigenvalue weighted by Crippen LogP contribution is 2.46. The first-order valence-electron chi connectivity index (χ1n) is 15.7. The van der Waals surface area contributed by atoms with E-state index in [1.807, 2.05) is 0 Å². The van der Waals surface area contributed by atoms with Crippen LogP contribution in [0.1, 0.15) is 133 Å². The molecular formula is C33H51FO3. The minimum Gasteiger partial charge on any atom is -0.504 e. The molecule has 1 N–H and O–H groups in total. The second-order valence-corrected chi connectivity index (χ2v) is 12.5. The summed E-state index contributed by atoms with van der Waals surface area (Å²) in [6, 6.07) is 2.93. The van der Waals surface area contributed by atoms with Gasteiger partial charge in [-0.25, -0.2) is 0 Å². The maximum atomic E-state index is 14.2. The molecule has 0 bridgehead atoms. The molecule has 0 heterocycles. The highest BCUT2D eigenvalue weighted by atomic mass is 19.1. The molecule has 0 atom stereocenters. The topological polar surface area (TPSA) is 46.5 Å². The lowest BCUT2D eigenvalue weighted by Crippen LogP contribution is -2.29. The number of hydrogen-bond acceptors (Lipinski definition) is 3. The minimum absolute atomic E-state index is 0.00340. The number of carbonyl (C=O) groups excluding carboxylic acids is 1. The second kappa shape index (κ2) is 14.0. The molecule has 0 radical (unpaired) electrons. The summed E-state index contributed by atoms with van der Waals surface area (Å²) in [5.74, 6) is 4.05. The summed E-state index contributed by atoms with van der Waals surface area (Å²) in [5, 5.41) is 10.1. The van der Waals surface area contributed by atoms with E-state index >= 15 is 0 Å². The van der Waals surface area contributed by atoms with Crippen molar-refractivity contribution in [3.05, 3.63) is 23.5 Å². The Kier molecular flexibility index (Phi) is 10.7. The Morgan fingerprint density at radius 3 is 1.78 bits per heavy atom. The third kappa shape index (κ3) is 7.51. The van der Waals surface area contributed by atoms with Crippen LogP contribution in [0.3, 0.4) is 0 Å². The van der Waals surface area contributed by atoms with Gasteiger partial charge in [0.25, 0.3) is 0 Å². The molecule has 1 aromatic carbocycles. The zero-order valence-electron chi connectivity index (χ0n) is 23.5. The molecular weight excluding hydrogens is 463 g/mol. The van der Waals surface area contributed by atoms with Crippen molar-refractivity contribution in [2.45, 2.75) is 123 Å². The summed E-state index contributed by atoms with van der Waals surface area (Å²) in [7, 11) is 0. The molecule has 0 aliphatic heterocycles. The number of carbonyl (C=O) groups is 1. The normalized spacial score (nSPS) is 30.7. The molecule has 4 heteroatoms. The van der Waals surface area contributed by atoms with Gasteiger partial charge in [-0.3, -0.25) is 4.79 Å². The van der Waals surface area contributed by atoms with Crippen LogP contribution in [0, 0.1) is 41.3 Å². The number of halogens is 1.